The third-order valence-corrected chi connectivity index (χ3v) is 3.29. The summed E-state index contributed by atoms with van der Waals surface area (Å²) in [7, 11) is 0. The fourth-order valence-corrected chi connectivity index (χ4v) is 2.04. The highest BCUT2D eigenvalue weighted by Gasteiger charge is 2.11. The molecule has 0 spiro atoms. The zero-order valence-corrected chi connectivity index (χ0v) is 13.2. The Bertz CT molecular complexity index is 843. The number of nitrogens with zero attached hydrogens (tertiary/aromatic N) is 1. The summed E-state index contributed by atoms with van der Waals surface area (Å²) >= 11 is 5.82. The van der Waals surface area contributed by atoms with Crippen molar-refractivity contribution in [2.24, 2.45) is 5.10 Å². The zero-order chi connectivity index (χ0) is 16.8. The number of rotatable bonds is 5. The van der Waals surface area contributed by atoms with E-state index < -0.39 is 5.97 Å². The smallest absolute Gasteiger partial charge is 0.379 e. The Labute approximate surface area is 143 Å². The lowest BCUT2D eigenvalue weighted by Gasteiger charge is -2.03. The molecule has 120 valence electrons. The molecule has 0 saturated heterocycles. The second kappa shape index (κ2) is 7.48. The lowest BCUT2D eigenvalue weighted by Crippen LogP contribution is -2.07. The second-order valence-corrected chi connectivity index (χ2v) is 5.25. The Morgan fingerprint density at radius 2 is 1.96 bits per heavy atom. The van der Waals surface area contributed by atoms with Gasteiger partial charge in [0.2, 0.25) is 5.76 Å². The lowest BCUT2D eigenvalue weighted by molar-refractivity contribution is 0.0701. The van der Waals surface area contributed by atoms with E-state index in [-0.39, 0.29) is 5.76 Å². The summed E-state index contributed by atoms with van der Waals surface area (Å²) in [5.41, 5.74) is 4.49. The average molecular weight is 341 g/mol. The van der Waals surface area contributed by atoms with Crippen LogP contribution in [0.1, 0.15) is 16.1 Å². The molecule has 24 heavy (non-hydrogen) atoms. The third-order valence-electron chi connectivity index (χ3n) is 3.04. The van der Waals surface area contributed by atoms with E-state index in [4.69, 9.17) is 20.8 Å². The van der Waals surface area contributed by atoms with Crippen LogP contribution in [0.15, 0.2) is 76.4 Å². The van der Waals surface area contributed by atoms with Crippen molar-refractivity contribution in [3.63, 3.8) is 0 Å². The normalized spacial score (nSPS) is 10.7. The predicted octanol–water partition coefficient (Wildman–Crippen LogP) is 4.60. The first-order valence-electron chi connectivity index (χ1n) is 7.11. The molecular weight excluding hydrogens is 328 g/mol. The average Bonchev–Trinajstić information content (AvgIpc) is 3.12. The number of esters is 1. The van der Waals surface area contributed by atoms with Gasteiger partial charge in [0.15, 0.2) is 0 Å². The molecule has 0 radical (unpaired) electrons. The quantitative estimate of drug-likeness (QED) is 0.319. The van der Waals surface area contributed by atoms with Crippen LogP contribution >= 0.6 is 11.6 Å². The van der Waals surface area contributed by atoms with Crippen molar-refractivity contribution in [1.29, 1.82) is 0 Å². The largest absolute Gasteiger partial charge is 0.457 e. The van der Waals surface area contributed by atoms with Gasteiger partial charge >= 0.3 is 5.97 Å². The highest BCUT2D eigenvalue weighted by atomic mass is 35.5. The van der Waals surface area contributed by atoms with Crippen LogP contribution in [-0.4, -0.2) is 12.2 Å². The van der Waals surface area contributed by atoms with Gasteiger partial charge in [0.25, 0.3) is 0 Å². The topological polar surface area (TPSA) is 63.8 Å². The van der Waals surface area contributed by atoms with Gasteiger partial charge in [-0.05, 0) is 54.1 Å². The molecule has 0 aliphatic heterocycles. The van der Waals surface area contributed by atoms with Crippen LogP contribution < -0.4 is 10.2 Å². The third kappa shape index (κ3) is 4.24. The van der Waals surface area contributed by atoms with Crippen LogP contribution in [-0.2, 0) is 0 Å². The summed E-state index contributed by atoms with van der Waals surface area (Å²) in [6.07, 6.45) is 3.04. The van der Waals surface area contributed by atoms with Crippen LogP contribution in [0.3, 0.4) is 0 Å². The lowest BCUT2D eigenvalue weighted by atomic mass is 10.2. The fourth-order valence-electron chi connectivity index (χ4n) is 1.92. The summed E-state index contributed by atoms with van der Waals surface area (Å²) in [4.78, 5) is 11.8. The number of benzene rings is 2. The van der Waals surface area contributed by atoms with Gasteiger partial charge in [-0.2, -0.15) is 5.10 Å². The highest BCUT2D eigenvalue weighted by molar-refractivity contribution is 6.30. The minimum Gasteiger partial charge on any atom is -0.457 e. The molecule has 1 N–H and O–H groups in total. The first kappa shape index (κ1) is 15.8. The van der Waals surface area contributed by atoms with E-state index in [9.17, 15) is 4.79 Å². The summed E-state index contributed by atoms with van der Waals surface area (Å²) in [5.74, 6) is 0.0127. The molecule has 0 aliphatic rings. The number of carbonyl (C=O) groups is 1. The highest BCUT2D eigenvalue weighted by Crippen LogP contribution is 2.15. The maximum atomic E-state index is 11.8. The Hall–Kier alpha value is -3.05. The van der Waals surface area contributed by atoms with E-state index in [2.05, 4.69) is 10.5 Å². The van der Waals surface area contributed by atoms with Gasteiger partial charge in [-0.1, -0.05) is 23.7 Å². The molecule has 0 amide bonds. The van der Waals surface area contributed by atoms with Crippen molar-refractivity contribution in [2.75, 3.05) is 5.43 Å². The standard InChI is InChI=1S/C18H13ClN2O3/c19-14-6-8-15(9-7-14)21-20-12-13-3-1-4-16(11-13)24-18(22)17-5-2-10-23-17/h1-12,21H. The minimum atomic E-state index is -0.548. The van der Waals surface area contributed by atoms with Crippen molar-refractivity contribution < 1.29 is 13.9 Å². The Morgan fingerprint density at radius 1 is 1.12 bits per heavy atom. The van der Waals surface area contributed by atoms with Crippen molar-refractivity contribution in [2.45, 2.75) is 0 Å². The number of furan rings is 1. The number of hydrogen-bond acceptors (Lipinski definition) is 5. The maximum Gasteiger partial charge on any atom is 0.379 e. The van der Waals surface area contributed by atoms with Crippen molar-refractivity contribution >= 4 is 29.5 Å². The molecule has 2 aromatic carbocycles. The summed E-state index contributed by atoms with van der Waals surface area (Å²) < 4.78 is 10.2. The van der Waals surface area contributed by atoms with E-state index in [1.807, 2.05) is 18.2 Å². The predicted molar refractivity (Wildman–Crippen MR) is 92.8 cm³/mol. The number of hydrogen-bond donors (Lipinski definition) is 1. The first-order chi connectivity index (χ1) is 11.7. The summed E-state index contributed by atoms with van der Waals surface area (Å²) in [6, 6.07) is 17.4. The monoisotopic (exact) mass is 340 g/mol. The van der Waals surface area contributed by atoms with Crippen LogP contribution in [0.4, 0.5) is 5.69 Å². The summed E-state index contributed by atoms with van der Waals surface area (Å²) in [5, 5.41) is 4.80. The Balaban J connectivity index is 1.63. The van der Waals surface area contributed by atoms with E-state index in [0.717, 1.165) is 11.3 Å². The number of hydrazone groups is 1. The van der Waals surface area contributed by atoms with E-state index in [1.54, 1.807) is 48.7 Å². The number of ether oxygens (including phenoxy) is 1. The van der Waals surface area contributed by atoms with Crippen LogP contribution in [0, 0.1) is 0 Å². The van der Waals surface area contributed by atoms with Gasteiger partial charge in [-0.3, -0.25) is 5.43 Å². The zero-order valence-electron chi connectivity index (χ0n) is 12.5. The molecule has 3 rings (SSSR count). The maximum absolute atomic E-state index is 11.8. The molecule has 0 bridgehead atoms. The molecule has 0 fully saturated rings. The van der Waals surface area contributed by atoms with Gasteiger partial charge in [0.1, 0.15) is 5.75 Å². The van der Waals surface area contributed by atoms with Crippen molar-refractivity contribution in [3.8, 4) is 5.75 Å². The van der Waals surface area contributed by atoms with E-state index in [1.165, 1.54) is 6.26 Å². The van der Waals surface area contributed by atoms with Gasteiger partial charge in [-0.25, -0.2) is 4.79 Å². The van der Waals surface area contributed by atoms with Gasteiger partial charge in [0, 0.05) is 5.02 Å². The molecule has 1 heterocycles. The van der Waals surface area contributed by atoms with Crippen molar-refractivity contribution in [3.05, 3.63) is 83.3 Å². The fraction of sp³-hybridized carbons (Fsp3) is 0. The second-order valence-electron chi connectivity index (χ2n) is 4.82. The van der Waals surface area contributed by atoms with Crippen molar-refractivity contribution in [1.82, 2.24) is 0 Å². The first-order valence-corrected chi connectivity index (χ1v) is 7.49. The molecule has 0 aliphatic carbocycles. The van der Waals surface area contributed by atoms with Gasteiger partial charge in [0.05, 0.1) is 18.2 Å². The number of halogens is 1. The molecular formula is C18H13ClN2O3. The number of carbonyl (C=O) groups excluding carboxylic acids is 1. The molecule has 6 heteroatoms. The van der Waals surface area contributed by atoms with Crippen LogP contribution in [0.25, 0.3) is 0 Å². The van der Waals surface area contributed by atoms with E-state index >= 15 is 0 Å². The van der Waals surface area contributed by atoms with Crippen LogP contribution in [0.2, 0.25) is 5.02 Å². The minimum absolute atomic E-state index is 0.151. The Morgan fingerprint density at radius 3 is 2.71 bits per heavy atom. The molecule has 1 aromatic heterocycles. The molecule has 0 unspecified atom stereocenters. The van der Waals surface area contributed by atoms with Gasteiger partial charge in [-0.15, -0.1) is 0 Å². The SMILES string of the molecule is O=C(Oc1cccc(C=NNc2ccc(Cl)cc2)c1)c1ccco1. The number of anilines is 1. The summed E-state index contributed by atoms with van der Waals surface area (Å²) in [6.45, 7) is 0. The van der Waals surface area contributed by atoms with Gasteiger partial charge < -0.3 is 9.15 Å². The number of nitrogens with one attached hydrogen (secondary N) is 1. The van der Waals surface area contributed by atoms with Crippen LogP contribution in [0.5, 0.6) is 5.75 Å². The molecule has 0 atom stereocenters. The molecule has 5 nitrogen and oxygen atoms in total. The van der Waals surface area contributed by atoms with E-state index in [0.29, 0.717) is 10.8 Å². The Kier molecular flexibility index (Phi) is 4.93. The molecule has 3 aromatic rings. The molecule has 0 saturated carbocycles.